The second-order valence-electron chi connectivity index (χ2n) is 3.44. The molecule has 0 unspecified atom stereocenters. The maximum absolute atomic E-state index is 11.3. The van der Waals surface area contributed by atoms with Gasteiger partial charge in [-0.2, -0.15) is 0 Å². The van der Waals surface area contributed by atoms with E-state index in [9.17, 15) is 14.9 Å². The van der Waals surface area contributed by atoms with Gasteiger partial charge in [0.2, 0.25) is 0 Å². The highest BCUT2D eigenvalue weighted by Crippen LogP contribution is 2.29. The molecular formula is C10H10N2O4. The average Bonchev–Trinajstić information content (AvgIpc) is 2.64. The zero-order valence-electron chi connectivity index (χ0n) is 8.67. The van der Waals surface area contributed by atoms with Crippen LogP contribution >= 0.6 is 0 Å². The minimum absolute atomic E-state index is 0.0113. The highest BCUT2D eigenvalue weighted by molar-refractivity contribution is 5.91. The first kappa shape index (κ1) is 10.4. The number of hydrogen-bond donors (Lipinski definition) is 0. The summed E-state index contributed by atoms with van der Waals surface area (Å²) in [5.74, 6) is 0. The molecule has 1 aromatic carbocycles. The van der Waals surface area contributed by atoms with Crippen molar-refractivity contribution < 1.29 is 14.5 Å². The predicted molar refractivity (Wildman–Crippen MR) is 56.5 cm³/mol. The van der Waals surface area contributed by atoms with E-state index in [1.165, 1.54) is 11.0 Å². The third kappa shape index (κ3) is 1.58. The standard InChI is InChI=1S/C10H10N2O4/c1-7-8(11-5-6-16-10(11)13)3-2-4-9(7)12(14)15/h2-4H,5-6H2,1H3. The first-order chi connectivity index (χ1) is 7.61. The number of rotatable bonds is 2. The lowest BCUT2D eigenvalue weighted by atomic mass is 10.1. The van der Waals surface area contributed by atoms with Crippen LogP contribution in [-0.4, -0.2) is 24.2 Å². The lowest BCUT2D eigenvalue weighted by Gasteiger charge is -2.14. The van der Waals surface area contributed by atoms with Crippen molar-refractivity contribution in [3.05, 3.63) is 33.9 Å². The first-order valence-electron chi connectivity index (χ1n) is 4.79. The summed E-state index contributed by atoms with van der Waals surface area (Å²) in [4.78, 5) is 23.0. The minimum atomic E-state index is -0.458. The number of benzene rings is 1. The van der Waals surface area contributed by atoms with Crippen molar-refractivity contribution in [1.29, 1.82) is 0 Å². The maximum Gasteiger partial charge on any atom is 0.414 e. The summed E-state index contributed by atoms with van der Waals surface area (Å²) in [6.07, 6.45) is -0.455. The Hall–Kier alpha value is -2.11. The molecule has 16 heavy (non-hydrogen) atoms. The molecule has 0 aliphatic carbocycles. The number of amides is 1. The SMILES string of the molecule is Cc1c(N2CCOC2=O)cccc1[N+](=O)[O-]. The van der Waals surface area contributed by atoms with Crippen LogP contribution in [0.25, 0.3) is 0 Å². The number of carbonyl (C=O) groups is 1. The Labute approximate surface area is 91.6 Å². The molecule has 1 aromatic rings. The van der Waals surface area contributed by atoms with Gasteiger partial charge in [0.15, 0.2) is 0 Å². The van der Waals surface area contributed by atoms with Crippen molar-refractivity contribution in [2.24, 2.45) is 0 Å². The van der Waals surface area contributed by atoms with E-state index in [1.54, 1.807) is 19.1 Å². The lowest BCUT2D eigenvalue weighted by Crippen LogP contribution is -2.24. The van der Waals surface area contributed by atoms with E-state index in [0.29, 0.717) is 24.4 Å². The lowest BCUT2D eigenvalue weighted by molar-refractivity contribution is -0.385. The molecule has 1 amide bonds. The molecule has 0 bridgehead atoms. The molecule has 84 valence electrons. The molecule has 1 aliphatic rings. The third-order valence-corrected chi connectivity index (χ3v) is 2.52. The van der Waals surface area contributed by atoms with E-state index in [2.05, 4.69) is 0 Å². The number of ether oxygens (including phenoxy) is 1. The smallest absolute Gasteiger partial charge is 0.414 e. The summed E-state index contributed by atoms with van der Waals surface area (Å²) < 4.78 is 4.79. The second-order valence-corrected chi connectivity index (χ2v) is 3.44. The van der Waals surface area contributed by atoms with Crippen molar-refractivity contribution in [1.82, 2.24) is 0 Å². The van der Waals surface area contributed by atoms with Crippen LogP contribution in [-0.2, 0) is 4.74 Å². The highest BCUT2D eigenvalue weighted by Gasteiger charge is 2.27. The van der Waals surface area contributed by atoms with Gasteiger partial charge in [-0.25, -0.2) is 4.79 Å². The molecule has 0 atom stereocenters. The molecule has 1 fully saturated rings. The fourth-order valence-electron chi connectivity index (χ4n) is 1.71. The van der Waals surface area contributed by atoms with Crippen molar-refractivity contribution in [2.75, 3.05) is 18.1 Å². The van der Waals surface area contributed by atoms with E-state index >= 15 is 0 Å². The van der Waals surface area contributed by atoms with Crippen LogP contribution in [0, 0.1) is 17.0 Å². The van der Waals surface area contributed by atoms with Gasteiger partial charge < -0.3 is 4.74 Å². The van der Waals surface area contributed by atoms with Crippen LogP contribution in [0.1, 0.15) is 5.56 Å². The zero-order valence-corrected chi connectivity index (χ0v) is 8.67. The van der Waals surface area contributed by atoms with Crippen LogP contribution in [0.2, 0.25) is 0 Å². The van der Waals surface area contributed by atoms with Crippen molar-refractivity contribution in [3.63, 3.8) is 0 Å². The van der Waals surface area contributed by atoms with Crippen LogP contribution in [0.4, 0.5) is 16.2 Å². The van der Waals surface area contributed by atoms with Gasteiger partial charge in [-0.3, -0.25) is 15.0 Å². The number of hydrogen-bond acceptors (Lipinski definition) is 4. The summed E-state index contributed by atoms with van der Waals surface area (Å²) in [5.41, 5.74) is 1.03. The van der Waals surface area contributed by atoms with Gasteiger partial charge in [0.25, 0.3) is 5.69 Å². The number of cyclic esters (lactones) is 1. The topological polar surface area (TPSA) is 72.7 Å². The van der Waals surface area contributed by atoms with Crippen LogP contribution < -0.4 is 4.90 Å². The zero-order chi connectivity index (χ0) is 11.7. The molecule has 1 heterocycles. The molecule has 1 saturated heterocycles. The van der Waals surface area contributed by atoms with Gasteiger partial charge in [-0.1, -0.05) is 6.07 Å². The third-order valence-electron chi connectivity index (χ3n) is 2.52. The summed E-state index contributed by atoms with van der Waals surface area (Å²) >= 11 is 0. The molecular weight excluding hydrogens is 212 g/mol. The number of carbonyl (C=O) groups excluding carboxylic acids is 1. The van der Waals surface area contributed by atoms with Crippen molar-refractivity contribution >= 4 is 17.5 Å². The average molecular weight is 222 g/mol. The predicted octanol–water partition coefficient (Wildman–Crippen LogP) is 1.86. The Kier molecular flexibility index (Phi) is 2.47. The Balaban J connectivity index is 2.45. The van der Waals surface area contributed by atoms with Gasteiger partial charge in [0.05, 0.1) is 22.7 Å². The van der Waals surface area contributed by atoms with Crippen LogP contribution in [0.15, 0.2) is 18.2 Å². The molecule has 0 radical (unpaired) electrons. The van der Waals surface area contributed by atoms with E-state index in [4.69, 9.17) is 4.74 Å². The van der Waals surface area contributed by atoms with E-state index < -0.39 is 11.0 Å². The molecule has 1 aliphatic heterocycles. The molecule has 6 nitrogen and oxygen atoms in total. The second kappa shape index (κ2) is 3.80. The molecule has 0 saturated carbocycles. The Bertz CT molecular complexity index is 458. The van der Waals surface area contributed by atoms with Crippen LogP contribution in [0.3, 0.4) is 0 Å². The number of nitro groups is 1. The minimum Gasteiger partial charge on any atom is -0.447 e. The van der Waals surface area contributed by atoms with E-state index in [-0.39, 0.29) is 5.69 Å². The number of anilines is 1. The summed E-state index contributed by atoms with van der Waals surface area (Å²) in [6.45, 7) is 2.38. The van der Waals surface area contributed by atoms with E-state index in [1.807, 2.05) is 0 Å². The van der Waals surface area contributed by atoms with Crippen LogP contribution in [0.5, 0.6) is 0 Å². The van der Waals surface area contributed by atoms with Gasteiger partial charge in [-0.05, 0) is 13.0 Å². The Morgan fingerprint density at radius 3 is 2.81 bits per heavy atom. The molecule has 2 rings (SSSR count). The normalized spacial score (nSPS) is 15.1. The summed E-state index contributed by atoms with van der Waals surface area (Å²) in [5, 5.41) is 10.7. The van der Waals surface area contributed by atoms with Gasteiger partial charge in [0, 0.05) is 6.07 Å². The number of nitrogens with zero attached hydrogens (tertiary/aromatic N) is 2. The molecule has 0 N–H and O–H groups in total. The fraction of sp³-hybridized carbons (Fsp3) is 0.300. The number of nitro benzene ring substituents is 1. The largest absolute Gasteiger partial charge is 0.447 e. The Morgan fingerprint density at radius 1 is 1.50 bits per heavy atom. The molecule has 0 spiro atoms. The molecule has 6 heteroatoms. The monoisotopic (exact) mass is 222 g/mol. The fourth-order valence-corrected chi connectivity index (χ4v) is 1.71. The Morgan fingerprint density at radius 2 is 2.25 bits per heavy atom. The van der Waals surface area contributed by atoms with Gasteiger partial charge >= 0.3 is 6.09 Å². The maximum atomic E-state index is 11.3. The first-order valence-corrected chi connectivity index (χ1v) is 4.79. The van der Waals surface area contributed by atoms with Gasteiger partial charge in [0.1, 0.15) is 6.61 Å². The summed E-state index contributed by atoms with van der Waals surface area (Å²) in [6, 6.07) is 4.65. The summed E-state index contributed by atoms with van der Waals surface area (Å²) in [7, 11) is 0. The van der Waals surface area contributed by atoms with E-state index in [0.717, 1.165) is 0 Å². The van der Waals surface area contributed by atoms with Crippen molar-refractivity contribution in [3.8, 4) is 0 Å². The highest BCUT2D eigenvalue weighted by atomic mass is 16.6. The van der Waals surface area contributed by atoms with Crippen molar-refractivity contribution in [2.45, 2.75) is 6.92 Å². The quantitative estimate of drug-likeness (QED) is 0.565. The van der Waals surface area contributed by atoms with Gasteiger partial charge in [-0.15, -0.1) is 0 Å². The molecule has 0 aromatic heterocycles.